The maximum atomic E-state index is 10.7. The van der Waals surface area contributed by atoms with Crippen molar-refractivity contribution in [2.24, 2.45) is 0 Å². The molecule has 0 amide bonds. The molecule has 17 heavy (non-hydrogen) atoms. The van der Waals surface area contributed by atoms with Crippen molar-refractivity contribution in [1.29, 1.82) is 0 Å². The van der Waals surface area contributed by atoms with Crippen LogP contribution in [-0.4, -0.2) is 22.5 Å². The Kier molecular flexibility index (Phi) is 5.03. The first-order valence-electron chi connectivity index (χ1n) is 5.93. The van der Waals surface area contributed by atoms with Crippen LogP contribution in [0.15, 0.2) is 18.3 Å². The highest BCUT2D eigenvalue weighted by Gasteiger charge is 2.20. The Bertz CT molecular complexity index is 382. The van der Waals surface area contributed by atoms with Crippen molar-refractivity contribution in [2.75, 3.05) is 6.54 Å². The van der Waals surface area contributed by atoms with Crippen molar-refractivity contribution >= 4 is 5.69 Å². The van der Waals surface area contributed by atoms with Crippen molar-refractivity contribution < 1.29 is 4.92 Å². The summed E-state index contributed by atoms with van der Waals surface area (Å²) < 4.78 is 0. The van der Waals surface area contributed by atoms with Crippen LogP contribution in [0.5, 0.6) is 0 Å². The first kappa shape index (κ1) is 13.6. The highest BCUT2D eigenvalue weighted by atomic mass is 16.6. The van der Waals surface area contributed by atoms with Gasteiger partial charge in [0.1, 0.15) is 0 Å². The summed E-state index contributed by atoms with van der Waals surface area (Å²) in [5, 5.41) is 14.1. The maximum absolute atomic E-state index is 10.7. The second kappa shape index (κ2) is 6.30. The molecule has 1 aromatic rings. The van der Waals surface area contributed by atoms with Crippen molar-refractivity contribution in [3.05, 3.63) is 34.1 Å². The van der Waals surface area contributed by atoms with Gasteiger partial charge in [0.25, 0.3) is 5.69 Å². The van der Waals surface area contributed by atoms with E-state index in [0.29, 0.717) is 0 Å². The van der Waals surface area contributed by atoms with Crippen LogP contribution in [0.3, 0.4) is 0 Å². The number of likely N-dealkylation sites (N-methyl/N-ethyl adjacent to an activating group) is 1. The van der Waals surface area contributed by atoms with Gasteiger partial charge in [0.2, 0.25) is 0 Å². The summed E-state index contributed by atoms with van der Waals surface area (Å²) in [4.78, 5) is 14.6. The van der Waals surface area contributed by atoms with Crippen LogP contribution in [-0.2, 0) is 0 Å². The van der Waals surface area contributed by atoms with E-state index >= 15 is 0 Å². The molecule has 1 rings (SSSR count). The molecule has 2 unspecified atom stereocenters. The topological polar surface area (TPSA) is 68.1 Å². The molecule has 0 aromatic carbocycles. The minimum atomic E-state index is -0.379. The summed E-state index contributed by atoms with van der Waals surface area (Å²) in [6.45, 7) is 7.08. The van der Waals surface area contributed by atoms with Crippen LogP contribution in [0.25, 0.3) is 0 Å². The number of nitrogens with one attached hydrogen (secondary N) is 1. The lowest BCUT2D eigenvalue weighted by atomic mass is 9.94. The van der Waals surface area contributed by atoms with Gasteiger partial charge in [-0.15, -0.1) is 0 Å². The summed E-state index contributed by atoms with van der Waals surface area (Å²) in [6, 6.07) is 3.26. The summed E-state index contributed by atoms with van der Waals surface area (Å²) in [5.41, 5.74) is 0.896. The van der Waals surface area contributed by atoms with Crippen LogP contribution >= 0.6 is 0 Å². The van der Waals surface area contributed by atoms with E-state index < -0.39 is 0 Å². The molecule has 0 aliphatic rings. The summed E-state index contributed by atoms with van der Waals surface area (Å²) in [7, 11) is 0. The van der Waals surface area contributed by atoms with E-state index in [1.165, 1.54) is 12.3 Å². The summed E-state index contributed by atoms with van der Waals surface area (Å²) in [6.07, 6.45) is 2.41. The van der Waals surface area contributed by atoms with Gasteiger partial charge in [-0.25, -0.2) is 0 Å². The van der Waals surface area contributed by atoms with E-state index in [-0.39, 0.29) is 22.6 Å². The van der Waals surface area contributed by atoms with Crippen molar-refractivity contribution in [3.8, 4) is 0 Å². The zero-order chi connectivity index (χ0) is 12.8. The first-order chi connectivity index (χ1) is 8.10. The zero-order valence-corrected chi connectivity index (χ0v) is 10.5. The molecular formula is C12H19N3O2. The molecule has 0 aliphatic heterocycles. The molecular weight excluding hydrogens is 218 g/mol. The third-order valence-corrected chi connectivity index (χ3v) is 2.92. The van der Waals surface area contributed by atoms with Gasteiger partial charge < -0.3 is 5.32 Å². The van der Waals surface area contributed by atoms with Gasteiger partial charge in [-0.05, 0) is 19.9 Å². The number of nitro groups is 1. The Morgan fingerprint density at radius 2 is 2.24 bits per heavy atom. The van der Waals surface area contributed by atoms with E-state index in [4.69, 9.17) is 0 Å². The fourth-order valence-corrected chi connectivity index (χ4v) is 2.04. The number of rotatable bonds is 6. The van der Waals surface area contributed by atoms with Crippen LogP contribution < -0.4 is 5.32 Å². The van der Waals surface area contributed by atoms with E-state index in [0.717, 1.165) is 18.7 Å². The summed E-state index contributed by atoms with van der Waals surface area (Å²) >= 11 is 0. The molecule has 1 heterocycles. The number of hydrogen-bond donors (Lipinski definition) is 1. The molecule has 0 fully saturated rings. The lowest BCUT2D eigenvalue weighted by Gasteiger charge is -2.22. The molecule has 94 valence electrons. The molecule has 1 N–H and O–H groups in total. The van der Waals surface area contributed by atoms with Gasteiger partial charge in [-0.3, -0.25) is 15.1 Å². The predicted octanol–water partition coefficient (Wildman–Crippen LogP) is 2.48. The minimum Gasteiger partial charge on any atom is -0.314 e. The first-order valence-corrected chi connectivity index (χ1v) is 5.93. The number of pyridine rings is 1. The van der Waals surface area contributed by atoms with E-state index in [1.54, 1.807) is 6.07 Å². The molecule has 0 saturated carbocycles. The second-order valence-corrected chi connectivity index (χ2v) is 4.06. The third kappa shape index (κ3) is 3.49. The van der Waals surface area contributed by atoms with Gasteiger partial charge in [0.05, 0.1) is 10.6 Å². The van der Waals surface area contributed by atoms with Crippen molar-refractivity contribution in [1.82, 2.24) is 10.3 Å². The fourth-order valence-electron chi connectivity index (χ4n) is 2.04. The molecule has 5 nitrogen and oxygen atoms in total. The highest BCUT2D eigenvalue weighted by molar-refractivity contribution is 5.31. The molecule has 0 spiro atoms. The largest absolute Gasteiger partial charge is 0.314 e. The monoisotopic (exact) mass is 237 g/mol. The van der Waals surface area contributed by atoms with Crippen LogP contribution in [0.2, 0.25) is 0 Å². The van der Waals surface area contributed by atoms with Crippen LogP contribution in [0.4, 0.5) is 5.69 Å². The maximum Gasteiger partial charge on any atom is 0.272 e. The van der Waals surface area contributed by atoms with Gasteiger partial charge in [-0.1, -0.05) is 13.8 Å². The second-order valence-electron chi connectivity index (χ2n) is 4.06. The molecule has 0 radical (unpaired) electrons. The smallest absolute Gasteiger partial charge is 0.272 e. The quantitative estimate of drug-likeness (QED) is 0.609. The van der Waals surface area contributed by atoms with E-state index in [2.05, 4.69) is 24.1 Å². The molecule has 5 heteroatoms. The summed E-state index contributed by atoms with van der Waals surface area (Å²) in [5.74, 6) is 0.204. The van der Waals surface area contributed by atoms with Crippen LogP contribution in [0.1, 0.15) is 38.8 Å². The van der Waals surface area contributed by atoms with E-state index in [1.807, 2.05) is 6.92 Å². The van der Waals surface area contributed by atoms with Crippen molar-refractivity contribution in [3.63, 3.8) is 0 Å². The van der Waals surface area contributed by atoms with Gasteiger partial charge in [0, 0.05) is 30.3 Å². The Morgan fingerprint density at radius 3 is 2.76 bits per heavy atom. The van der Waals surface area contributed by atoms with Gasteiger partial charge >= 0.3 is 0 Å². The number of hydrogen-bond acceptors (Lipinski definition) is 4. The highest BCUT2D eigenvalue weighted by Crippen LogP contribution is 2.24. The molecule has 1 aromatic heterocycles. The van der Waals surface area contributed by atoms with Crippen LogP contribution in [0, 0.1) is 10.1 Å². The Labute approximate surface area is 101 Å². The SMILES string of the molecule is CCNC(C)C(CC)c1cc([N+](=O)[O-])ccn1. The Balaban J connectivity index is 2.95. The fraction of sp³-hybridized carbons (Fsp3) is 0.583. The number of nitrogens with zero attached hydrogens (tertiary/aromatic N) is 2. The molecule has 0 saturated heterocycles. The van der Waals surface area contributed by atoms with E-state index in [9.17, 15) is 10.1 Å². The lowest BCUT2D eigenvalue weighted by Crippen LogP contribution is -2.32. The minimum absolute atomic E-state index is 0.108. The molecule has 0 bridgehead atoms. The number of aromatic nitrogens is 1. The standard InChI is InChI=1S/C12H19N3O2/c1-4-11(9(3)13-5-2)12-8-10(15(16)17)6-7-14-12/h6-9,11,13H,4-5H2,1-3H3. The Morgan fingerprint density at radius 1 is 1.53 bits per heavy atom. The van der Waals surface area contributed by atoms with Gasteiger partial charge in [0.15, 0.2) is 0 Å². The third-order valence-electron chi connectivity index (χ3n) is 2.92. The average molecular weight is 237 g/mol. The lowest BCUT2D eigenvalue weighted by molar-refractivity contribution is -0.385. The molecule has 0 aliphatic carbocycles. The van der Waals surface area contributed by atoms with Crippen molar-refractivity contribution in [2.45, 2.75) is 39.2 Å². The molecule has 2 atom stereocenters. The Hall–Kier alpha value is -1.49. The normalized spacial score (nSPS) is 14.3. The zero-order valence-electron chi connectivity index (χ0n) is 10.5. The predicted molar refractivity (Wildman–Crippen MR) is 67.1 cm³/mol. The average Bonchev–Trinajstić information content (AvgIpc) is 2.30. The van der Waals surface area contributed by atoms with Gasteiger partial charge in [-0.2, -0.15) is 0 Å².